The number of fused-ring (bicyclic) bond motifs is 1. The number of rotatable bonds is 7. The summed E-state index contributed by atoms with van der Waals surface area (Å²) in [4.78, 5) is 4.45. The highest BCUT2D eigenvalue weighted by Gasteiger charge is 2.16. The second kappa shape index (κ2) is 8.55. The van der Waals surface area contributed by atoms with Crippen LogP contribution in [0.25, 0.3) is 16.0 Å². The van der Waals surface area contributed by atoms with Crippen LogP contribution in [0.1, 0.15) is 18.6 Å². The molecule has 0 radical (unpaired) electrons. The standard InChI is InChI=1S/C21H18BrClN2O2S/c1-14(16-5-4-8-19(21(16)23)26-10-9-22)27-15-11-20(28-12-15)25-13-24-17-6-2-3-7-18(17)25/h2-8,11-14H,9-10H2,1H3. The van der Waals surface area contributed by atoms with Crippen LogP contribution in [0.4, 0.5) is 0 Å². The number of ether oxygens (including phenoxy) is 2. The molecule has 2 heterocycles. The van der Waals surface area contributed by atoms with Gasteiger partial charge in [0.1, 0.15) is 28.9 Å². The van der Waals surface area contributed by atoms with Crippen LogP contribution in [0, 0.1) is 0 Å². The summed E-state index contributed by atoms with van der Waals surface area (Å²) >= 11 is 11.5. The maximum Gasteiger partial charge on any atom is 0.138 e. The molecule has 0 amide bonds. The molecule has 0 spiro atoms. The summed E-state index contributed by atoms with van der Waals surface area (Å²) in [6.07, 6.45) is 1.63. The second-order valence-electron chi connectivity index (χ2n) is 6.18. The molecule has 1 unspecified atom stereocenters. The Bertz CT molecular complexity index is 1090. The van der Waals surface area contributed by atoms with Gasteiger partial charge in [-0.15, -0.1) is 11.3 Å². The fourth-order valence-electron chi connectivity index (χ4n) is 3.00. The van der Waals surface area contributed by atoms with Crippen LogP contribution in [0.15, 0.2) is 60.2 Å². The van der Waals surface area contributed by atoms with Crippen molar-refractivity contribution >= 4 is 49.9 Å². The average Bonchev–Trinajstić information content (AvgIpc) is 3.33. The lowest BCUT2D eigenvalue weighted by Crippen LogP contribution is -2.05. The topological polar surface area (TPSA) is 36.3 Å². The van der Waals surface area contributed by atoms with Gasteiger partial charge in [-0.1, -0.05) is 51.8 Å². The Morgan fingerprint density at radius 1 is 1.21 bits per heavy atom. The Morgan fingerprint density at radius 3 is 2.93 bits per heavy atom. The lowest BCUT2D eigenvalue weighted by molar-refractivity contribution is 0.227. The molecule has 144 valence electrons. The van der Waals surface area contributed by atoms with E-state index in [4.69, 9.17) is 21.1 Å². The molecule has 0 N–H and O–H groups in total. The number of thiophene rings is 1. The van der Waals surface area contributed by atoms with Crippen molar-refractivity contribution in [2.24, 2.45) is 0 Å². The van der Waals surface area contributed by atoms with E-state index < -0.39 is 0 Å². The van der Waals surface area contributed by atoms with Gasteiger partial charge in [0, 0.05) is 22.3 Å². The van der Waals surface area contributed by atoms with E-state index in [1.807, 2.05) is 61.1 Å². The fraction of sp³-hybridized carbons (Fsp3) is 0.190. The first-order valence-electron chi connectivity index (χ1n) is 8.82. The molecule has 0 aliphatic carbocycles. The van der Waals surface area contributed by atoms with Crippen molar-refractivity contribution in [3.8, 4) is 16.5 Å². The number of alkyl halides is 1. The van der Waals surface area contributed by atoms with E-state index in [1.165, 1.54) is 0 Å². The first kappa shape index (κ1) is 19.3. The quantitative estimate of drug-likeness (QED) is 0.279. The number of halogens is 2. The van der Waals surface area contributed by atoms with E-state index in [9.17, 15) is 0 Å². The highest BCUT2D eigenvalue weighted by molar-refractivity contribution is 9.09. The van der Waals surface area contributed by atoms with Crippen molar-refractivity contribution in [3.05, 3.63) is 70.8 Å². The van der Waals surface area contributed by atoms with E-state index in [0.717, 1.165) is 32.7 Å². The molecule has 2 aromatic carbocycles. The summed E-state index contributed by atoms with van der Waals surface area (Å²) in [5.74, 6) is 1.47. The zero-order chi connectivity index (χ0) is 19.5. The number of hydrogen-bond acceptors (Lipinski definition) is 4. The molecule has 0 aliphatic heterocycles. The van der Waals surface area contributed by atoms with E-state index in [0.29, 0.717) is 17.4 Å². The Labute approximate surface area is 180 Å². The van der Waals surface area contributed by atoms with Crippen LogP contribution >= 0.6 is 38.9 Å². The van der Waals surface area contributed by atoms with Gasteiger partial charge in [0.25, 0.3) is 0 Å². The number of imidazole rings is 1. The predicted molar refractivity (Wildman–Crippen MR) is 119 cm³/mol. The van der Waals surface area contributed by atoms with Crippen LogP contribution in [0.2, 0.25) is 5.02 Å². The van der Waals surface area contributed by atoms with E-state index in [-0.39, 0.29) is 6.10 Å². The SMILES string of the molecule is CC(Oc1csc(-n2cnc3ccccc32)c1)c1cccc(OCCBr)c1Cl. The second-order valence-corrected chi connectivity index (χ2v) is 8.24. The molecular weight excluding hydrogens is 460 g/mol. The van der Waals surface area contributed by atoms with Gasteiger partial charge in [-0.25, -0.2) is 4.98 Å². The number of benzene rings is 2. The Kier molecular flexibility index (Phi) is 5.90. The average molecular weight is 478 g/mol. The molecule has 28 heavy (non-hydrogen) atoms. The van der Waals surface area contributed by atoms with Gasteiger partial charge < -0.3 is 9.47 Å². The largest absolute Gasteiger partial charge is 0.491 e. The van der Waals surface area contributed by atoms with Crippen LogP contribution < -0.4 is 9.47 Å². The fourth-order valence-corrected chi connectivity index (χ4v) is 4.30. The van der Waals surface area contributed by atoms with E-state index in [2.05, 4.69) is 31.5 Å². The summed E-state index contributed by atoms with van der Waals surface area (Å²) in [5, 5.41) is 4.39. The van der Waals surface area contributed by atoms with Gasteiger partial charge >= 0.3 is 0 Å². The molecule has 4 nitrogen and oxygen atoms in total. The van der Waals surface area contributed by atoms with Crippen LogP contribution in [0.3, 0.4) is 0 Å². The normalized spacial score (nSPS) is 12.2. The highest BCUT2D eigenvalue weighted by Crippen LogP contribution is 2.36. The zero-order valence-corrected chi connectivity index (χ0v) is 18.3. The van der Waals surface area contributed by atoms with Gasteiger partial charge in [0.2, 0.25) is 0 Å². The van der Waals surface area contributed by atoms with Gasteiger partial charge in [0.15, 0.2) is 0 Å². The molecule has 2 aromatic heterocycles. The predicted octanol–water partition coefficient (Wildman–Crippen LogP) is 6.65. The summed E-state index contributed by atoms with van der Waals surface area (Å²) in [7, 11) is 0. The molecule has 0 bridgehead atoms. The number of nitrogens with zero attached hydrogens (tertiary/aromatic N) is 2. The molecule has 4 rings (SSSR count). The smallest absolute Gasteiger partial charge is 0.138 e. The monoisotopic (exact) mass is 476 g/mol. The third-order valence-electron chi connectivity index (χ3n) is 4.33. The van der Waals surface area contributed by atoms with E-state index in [1.54, 1.807) is 11.3 Å². The minimum atomic E-state index is -0.206. The Hall–Kier alpha value is -2.02. The molecule has 0 aliphatic rings. The Morgan fingerprint density at radius 2 is 2.07 bits per heavy atom. The van der Waals surface area contributed by atoms with Crippen molar-refractivity contribution in [1.82, 2.24) is 9.55 Å². The summed E-state index contributed by atoms with van der Waals surface area (Å²) in [6, 6.07) is 15.9. The van der Waals surface area contributed by atoms with Gasteiger partial charge in [0.05, 0.1) is 22.7 Å². The number of aromatic nitrogens is 2. The van der Waals surface area contributed by atoms with E-state index >= 15 is 0 Å². The number of para-hydroxylation sites is 2. The first-order valence-corrected chi connectivity index (χ1v) is 11.2. The molecule has 0 saturated heterocycles. The maximum absolute atomic E-state index is 6.53. The van der Waals surface area contributed by atoms with Gasteiger partial charge in [-0.2, -0.15) is 0 Å². The lowest BCUT2D eigenvalue weighted by Gasteiger charge is -2.17. The van der Waals surface area contributed by atoms with Crippen molar-refractivity contribution in [3.63, 3.8) is 0 Å². The van der Waals surface area contributed by atoms with Crippen molar-refractivity contribution in [2.45, 2.75) is 13.0 Å². The molecular formula is C21H18BrClN2O2S. The first-order chi connectivity index (χ1) is 13.7. The molecule has 7 heteroatoms. The van der Waals surface area contributed by atoms with Crippen LogP contribution in [0.5, 0.6) is 11.5 Å². The van der Waals surface area contributed by atoms with Crippen LogP contribution in [-0.4, -0.2) is 21.5 Å². The number of hydrogen-bond donors (Lipinski definition) is 0. The van der Waals surface area contributed by atoms with Crippen LogP contribution in [-0.2, 0) is 0 Å². The van der Waals surface area contributed by atoms with Crippen molar-refractivity contribution in [1.29, 1.82) is 0 Å². The third kappa shape index (κ3) is 3.90. The molecule has 0 fully saturated rings. The molecule has 4 aromatic rings. The summed E-state index contributed by atoms with van der Waals surface area (Å²) < 4.78 is 13.9. The van der Waals surface area contributed by atoms with Crippen molar-refractivity contribution in [2.75, 3.05) is 11.9 Å². The minimum Gasteiger partial charge on any atom is -0.491 e. The summed E-state index contributed by atoms with van der Waals surface area (Å²) in [6.45, 7) is 2.55. The minimum absolute atomic E-state index is 0.206. The van der Waals surface area contributed by atoms with Gasteiger partial charge in [-0.3, -0.25) is 4.57 Å². The van der Waals surface area contributed by atoms with Gasteiger partial charge in [-0.05, 0) is 25.1 Å². The zero-order valence-electron chi connectivity index (χ0n) is 15.1. The highest BCUT2D eigenvalue weighted by atomic mass is 79.9. The maximum atomic E-state index is 6.53. The Balaban J connectivity index is 1.54. The third-order valence-corrected chi connectivity index (χ3v) is 5.97. The van der Waals surface area contributed by atoms with Crippen molar-refractivity contribution < 1.29 is 9.47 Å². The molecule has 0 saturated carbocycles. The molecule has 1 atom stereocenters. The summed E-state index contributed by atoms with van der Waals surface area (Å²) in [5.41, 5.74) is 2.94. The lowest BCUT2D eigenvalue weighted by atomic mass is 10.1.